The van der Waals surface area contributed by atoms with Gasteiger partial charge in [0.15, 0.2) is 23.4 Å². The van der Waals surface area contributed by atoms with Crippen molar-refractivity contribution in [3.63, 3.8) is 0 Å². The standard InChI is InChI=1S/C29H32N2O5/c1-30(15-17-5-3-2-4-6-17)27(34)20-14-29(35)22-13-19-9-10-21(32)25-23(19)28(29,26(36-25)24(20)33)11-12-31(22)16-18-7-8-18/h2-6,9-10,18,20,22,26,32,35H,7-8,11-16H2,1H3/t20?,22-,26+,28+,29-/m1/s1. The number of piperidine rings is 1. The minimum absolute atomic E-state index is 0.00407. The molecule has 1 saturated heterocycles. The van der Waals surface area contributed by atoms with Crippen LogP contribution in [-0.4, -0.2) is 69.6 Å². The fourth-order valence-corrected chi connectivity index (χ4v) is 7.71. The van der Waals surface area contributed by atoms with Crippen LogP contribution in [0, 0.1) is 11.8 Å². The molecule has 3 fully saturated rings. The average molecular weight is 489 g/mol. The van der Waals surface area contributed by atoms with Gasteiger partial charge >= 0.3 is 0 Å². The molecule has 3 aliphatic carbocycles. The Morgan fingerprint density at radius 1 is 1.19 bits per heavy atom. The van der Waals surface area contributed by atoms with Crippen LogP contribution < -0.4 is 4.74 Å². The van der Waals surface area contributed by atoms with Gasteiger partial charge in [-0.2, -0.15) is 0 Å². The smallest absolute Gasteiger partial charge is 0.233 e. The minimum atomic E-state index is -1.29. The highest BCUT2D eigenvalue weighted by Crippen LogP contribution is 2.65. The summed E-state index contributed by atoms with van der Waals surface area (Å²) in [7, 11) is 1.71. The number of rotatable bonds is 5. The largest absolute Gasteiger partial charge is 0.504 e. The van der Waals surface area contributed by atoms with E-state index < -0.39 is 23.0 Å². The number of aromatic hydroxyl groups is 1. The SMILES string of the molecule is CN(Cc1ccccc1)C(=O)C1C[C@@]2(O)[C@H]3Cc4ccc(O)c5c4[C@@]2(CCN3CC2CC2)[C@@H](O5)C1=O. The first kappa shape index (κ1) is 22.3. The second kappa shape index (κ2) is 7.56. The number of amides is 1. The lowest BCUT2D eigenvalue weighted by molar-refractivity contribution is -0.200. The second-order valence-corrected chi connectivity index (χ2v) is 11.6. The molecule has 2 saturated carbocycles. The fourth-order valence-electron chi connectivity index (χ4n) is 7.71. The van der Waals surface area contributed by atoms with E-state index in [0.29, 0.717) is 31.1 Å². The van der Waals surface area contributed by atoms with Crippen molar-refractivity contribution in [1.29, 1.82) is 0 Å². The van der Waals surface area contributed by atoms with Crippen LogP contribution in [0.3, 0.4) is 0 Å². The van der Waals surface area contributed by atoms with Gasteiger partial charge in [-0.05, 0) is 61.8 Å². The van der Waals surface area contributed by atoms with Crippen LogP contribution in [0.4, 0.5) is 0 Å². The molecule has 7 rings (SSSR count). The Balaban J connectivity index is 1.30. The summed E-state index contributed by atoms with van der Waals surface area (Å²) in [6, 6.07) is 13.1. The van der Waals surface area contributed by atoms with Gasteiger partial charge in [-0.3, -0.25) is 14.5 Å². The molecule has 1 unspecified atom stereocenters. The molecule has 188 valence electrons. The summed E-state index contributed by atoms with van der Waals surface area (Å²) < 4.78 is 6.25. The Morgan fingerprint density at radius 3 is 2.72 bits per heavy atom. The van der Waals surface area contributed by atoms with Gasteiger partial charge in [0.05, 0.1) is 11.0 Å². The van der Waals surface area contributed by atoms with Crippen LogP contribution in [0.25, 0.3) is 0 Å². The van der Waals surface area contributed by atoms with Gasteiger partial charge in [0, 0.05) is 31.7 Å². The molecule has 7 heteroatoms. The van der Waals surface area contributed by atoms with E-state index in [1.165, 1.54) is 12.8 Å². The maximum atomic E-state index is 14.0. The topological polar surface area (TPSA) is 90.3 Å². The summed E-state index contributed by atoms with van der Waals surface area (Å²) in [5.74, 6) is -0.561. The number of hydrogen-bond acceptors (Lipinski definition) is 6. The predicted molar refractivity (Wildman–Crippen MR) is 132 cm³/mol. The van der Waals surface area contributed by atoms with E-state index in [2.05, 4.69) is 4.90 Å². The van der Waals surface area contributed by atoms with Crippen molar-refractivity contribution in [2.45, 2.75) is 61.8 Å². The number of carbonyl (C=O) groups is 2. The number of phenols is 1. The van der Waals surface area contributed by atoms with Crippen LogP contribution in [0.5, 0.6) is 11.5 Å². The van der Waals surface area contributed by atoms with Gasteiger partial charge in [-0.25, -0.2) is 0 Å². The van der Waals surface area contributed by atoms with Crippen molar-refractivity contribution in [2.24, 2.45) is 11.8 Å². The molecule has 2 N–H and O–H groups in total. The van der Waals surface area contributed by atoms with E-state index in [9.17, 15) is 19.8 Å². The van der Waals surface area contributed by atoms with E-state index in [0.717, 1.165) is 29.8 Å². The summed E-state index contributed by atoms with van der Waals surface area (Å²) in [5, 5.41) is 23.4. The maximum Gasteiger partial charge on any atom is 0.233 e. The van der Waals surface area contributed by atoms with Crippen LogP contribution in [0.1, 0.15) is 42.4 Å². The first-order valence-corrected chi connectivity index (χ1v) is 13.1. The van der Waals surface area contributed by atoms with Crippen molar-refractivity contribution in [2.75, 3.05) is 20.1 Å². The fraction of sp³-hybridized carbons (Fsp3) is 0.517. The molecule has 2 aromatic rings. The molecular weight excluding hydrogens is 456 g/mol. The Morgan fingerprint density at radius 2 is 1.97 bits per heavy atom. The summed E-state index contributed by atoms with van der Waals surface area (Å²) >= 11 is 0. The second-order valence-electron chi connectivity index (χ2n) is 11.6. The molecule has 2 heterocycles. The number of hydrogen-bond donors (Lipinski definition) is 2. The van der Waals surface area contributed by atoms with E-state index in [-0.39, 0.29) is 29.9 Å². The predicted octanol–water partition coefficient (Wildman–Crippen LogP) is 2.41. The van der Waals surface area contributed by atoms with Crippen LogP contribution >= 0.6 is 0 Å². The highest BCUT2D eigenvalue weighted by atomic mass is 16.5. The Bertz CT molecular complexity index is 1260. The molecule has 2 bridgehead atoms. The molecule has 5 atom stereocenters. The molecule has 1 spiro atoms. The number of carbonyl (C=O) groups excluding carboxylic acids is 2. The number of aliphatic hydroxyl groups is 1. The number of ether oxygens (including phenoxy) is 1. The van der Waals surface area contributed by atoms with Crippen molar-refractivity contribution in [3.8, 4) is 11.5 Å². The summed E-state index contributed by atoms with van der Waals surface area (Å²) in [6.45, 7) is 2.11. The van der Waals surface area contributed by atoms with Gasteiger partial charge in [-0.1, -0.05) is 36.4 Å². The first-order chi connectivity index (χ1) is 17.3. The number of likely N-dealkylation sites (tertiary alicyclic amines) is 1. The molecule has 7 nitrogen and oxygen atoms in total. The molecule has 36 heavy (non-hydrogen) atoms. The third-order valence-corrected chi connectivity index (χ3v) is 9.57. The molecule has 0 radical (unpaired) electrons. The quantitative estimate of drug-likeness (QED) is 0.629. The zero-order chi connectivity index (χ0) is 24.8. The lowest BCUT2D eigenvalue weighted by Crippen LogP contribution is -2.78. The van der Waals surface area contributed by atoms with Crippen molar-refractivity contribution >= 4 is 11.7 Å². The summed E-state index contributed by atoms with van der Waals surface area (Å²) in [5.41, 5.74) is 0.605. The Labute approximate surface area is 210 Å². The Hall–Kier alpha value is -2.90. The molecular formula is C29H32N2O5. The summed E-state index contributed by atoms with van der Waals surface area (Å²) in [4.78, 5) is 31.7. The van der Waals surface area contributed by atoms with Gasteiger partial charge in [0.25, 0.3) is 0 Å². The number of phenolic OH excluding ortho intramolecular Hbond substituents is 1. The van der Waals surface area contributed by atoms with E-state index in [1.54, 1.807) is 18.0 Å². The lowest BCUT2D eigenvalue weighted by atomic mass is 9.47. The third kappa shape index (κ3) is 2.87. The lowest BCUT2D eigenvalue weighted by Gasteiger charge is -2.63. The van der Waals surface area contributed by atoms with E-state index in [1.807, 2.05) is 36.4 Å². The molecule has 5 aliphatic rings. The highest BCUT2D eigenvalue weighted by molar-refractivity contribution is 6.06. The number of Topliss-reactive ketones (excluding diaryl/α,β-unsaturated/α-hetero) is 1. The third-order valence-electron chi connectivity index (χ3n) is 9.57. The monoisotopic (exact) mass is 488 g/mol. The molecule has 0 aromatic heterocycles. The number of nitrogens with zero attached hydrogens (tertiary/aromatic N) is 2. The Kier molecular flexibility index (Phi) is 4.68. The van der Waals surface area contributed by atoms with Gasteiger partial charge in [0.1, 0.15) is 5.92 Å². The zero-order valence-electron chi connectivity index (χ0n) is 20.5. The van der Waals surface area contributed by atoms with E-state index in [4.69, 9.17) is 4.74 Å². The maximum absolute atomic E-state index is 14.0. The number of ketones is 1. The molecule has 2 aliphatic heterocycles. The van der Waals surface area contributed by atoms with Crippen LogP contribution in [-0.2, 0) is 28.0 Å². The minimum Gasteiger partial charge on any atom is -0.504 e. The van der Waals surface area contributed by atoms with Crippen molar-refractivity contribution in [3.05, 3.63) is 59.2 Å². The van der Waals surface area contributed by atoms with Crippen LogP contribution in [0.15, 0.2) is 42.5 Å². The van der Waals surface area contributed by atoms with Gasteiger partial charge in [-0.15, -0.1) is 0 Å². The number of benzene rings is 2. The average Bonchev–Trinajstić information content (AvgIpc) is 3.61. The van der Waals surface area contributed by atoms with Crippen molar-refractivity contribution < 1.29 is 24.5 Å². The van der Waals surface area contributed by atoms with Gasteiger partial charge < -0.3 is 19.8 Å². The highest BCUT2D eigenvalue weighted by Gasteiger charge is 2.75. The molecule has 2 aromatic carbocycles. The zero-order valence-corrected chi connectivity index (χ0v) is 20.5. The summed E-state index contributed by atoms with van der Waals surface area (Å²) in [6.07, 6.45) is 2.76. The van der Waals surface area contributed by atoms with Crippen LogP contribution in [0.2, 0.25) is 0 Å². The van der Waals surface area contributed by atoms with E-state index >= 15 is 0 Å². The van der Waals surface area contributed by atoms with Crippen molar-refractivity contribution in [1.82, 2.24) is 9.80 Å². The first-order valence-electron chi connectivity index (χ1n) is 13.1. The van der Waals surface area contributed by atoms with Gasteiger partial charge in [0.2, 0.25) is 5.91 Å². The molecule has 1 amide bonds. The normalized spacial score (nSPS) is 34.2.